The number of allylic oxidation sites excluding steroid dienone is 2. The van der Waals surface area contributed by atoms with E-state index in [9.17, 15) is 0 Å². The number of ether oxygens (including phenoxy) is 1. The molecule has 0 spiro atoms. The van der Waals surface area contributed by atoms with Crippen molar-refractivity contribution in [3.8, 4) is 0 Å². The molecule has 0 aromatic heterocycles. The molecular formula is C22H38N2O-2. The predicted molar refractivity (Wildman–Crippen MR) is 106 cm³/mol. The minimum absolute atomic E-state index is 0.0151. The summed E-state index contributed by atoms with van der Waals surface area (Å²) in [5.41, 5.74) is 1.61. The molecule has 3 rings (SSSR count). The largest absolute Gasteiger partial charge is 0.659 e. The van der Waals surface area contributed by atoms with Crippen molar-refractivity contribution in [3.63, 3.8) is 0 Å². The lowest BCUT2D eigenvalue weighted by Crippen LogP contribution is -2.53. The molecule has 0 aromatic carbocycles. The first kappa shape index (κ1) is 19.4. The topological polar surface area (TPSA) is 37.4 Å². The van der Waals surface area contributed by atoms with E-state index >= 15 is 0 Å². The van der Waals surface area contributed by atoms with Gasteiger partial charge in [0.1, 0.15) is 0 Å². The van der Waals surface area contributed by atoms with E-state index in [1.165, 1.54) is 25.7 Å². The summed E-state index contributed by atoms with van der Waals surface area (Å²) in [6.45, 7) is 11.5. The van der Waals surface area contributed by atoms with E-state index in [4.69, 9.17) is 10.1 Å². The molecule has 2 aliphatic carbocycles. The second-order valence-corrected chi connectivity index (χ2v) is 9.80. The fraction of sp³-hybridized carbons (Fsp3) is 0.909. The Morgan fingerprint density at radius 3 is 2.44 bits per heavy atom. The molecule has 1 heterocycles. The quantitative estimate of drug-likeness (QED) is 0.588. The third-order valence-electron chi connectivity index (χ3n) is 7.99. The highest BCUT2D eigenvalue weighted by molar-refractivity contribution is 5.21. The van der Waals surface area contributed by atoms with Crippen molar-refractivity contribution in [2.45, 2.75) is 95.9 Å². The van der Waals surface area contributed by atoms with Crippen LogP contribution in [-0.2, 0) is 4.74 Å². The van der Waals surface area contributed by atoms with E-state index in [0.717, 1.165) is 12.8 Å². The zero-order valence-electron chi connectivity index (χ0n) is 17.4. The Labute approximate surface area is 155 Å². The molecule has 0 radical (unpaired) electrons. The van der Waals surface area contributed by atoms with Crippen molar-refractivity contribution < 1.29 is 4.74 Å². The van der Waals surface area contributed by atoms with Crippen molar-refractivity contribution in [2.24, 2.45) is 17.8 Å². The van der Waals surface area contributed by atoms with Crippen LogP contribution in [-0.4, -0.2) is 36.9 Å². The Hall–Kier alpha value is -0.380. The summed E-state index contributed by atoms with van der Waals surface area (Å²) in [4.78, 5) is 0. The fourth-order valence-corrected chi connectivity index (χ4v) is 5.82. The van der Waals surface area contributed by atoms with Gasteiger partial charge in [0.25, 0.3) is 0 Å². The van der Waals surface area contributed by atoms with Crippen molar-refractivity contribution in [3.05, 3.63) is 22.3 Å². The van der Waals surface area contributed by atoms with Crippen LogP contribution < -0.4 is 0 Å². The highest BCUT2D eigenvalue weighted by atomic mass is 16.5. The van der Waals surface area contributed by atoms with Gasteiger partial charge in [0, 0.05) is 6.10 Å². The summed E-state index contributed by atoms with van der Waals surface area (Å²) in [5, 5.41) is 9.45. The molecule has 0 bridgehead atoms. The predicted octanol–water partition coefficient (Wildman–Crippen LogP) is 5.85. The van der Waals surface area contributed by atoms with Gasteiger partial charge < -0.3 is 15.4 Å². The molecule has 3 aliphatic rings. The van der Waals surface area contributed by atoms with Gasteiger partial charge in [0.15, 0.2) is 0 Å². The maximum absolute atomic E-state index is 6.78. The molecule has 3 nitrogen and oxygen atoms in total. The van der Waals surface area contributed by atoms with Crippen molar-refractivity contribution in [2.75, 3.05) is 14.1 Å². The maximum Gasteiger partial charge on any atom is 0.0692 e. The molecule has 1 aliphatic heterocycles. The van der Waals surface area contributed by atoms with Crippen LogP contribution in [0, 0.1) is 17.8 Å². The van der Waals surface area contributed by atoms with Crippen LogP contribution in [0.2, 0.25) is 0 Å². The van der Waals surface area contributed by atoms with E-state index < -0.39 is 0 Å². The average Bonchev–Trinajstić information content (AvgIpc) is 2.99. The third kappa shape index (κ3) is 3.33. The van der Waals surface area contributed by atoms with Gasteiger partial charge in [0.2, 0.25) is 0 Å². The molecule has 2 fully saturated rings. The molecule has 0 aromatic rings. The van der Waals surface area contributed by atoms with Crippen LogP contribution in [0.15, 0.2) is 11.6 Å². The first-order valence-corrected chi connectivity index (χ1v) is 10.2. The maximum atomic E-state index is 6.78. The summed E-state index contributed by atoms with van der Waals surface area (Å²) in [7, 11) is 3.95. The zero-order valence-corrected chi connectivity index (χ0v) is 17.4. The van der Waals surface area contributed by atoms with Gasteiger partial charge in [-0.3, -0.25) is 0 Å². The summed E-state index contributed by atoms with van der Waals surface area (Å²) < 4.78 is 6.78. The van der Waals surface area contributed by atoms with Crippen LogP contribution in [0.25, 0.3) is 10.6 Å². The molecular weight excluding hydrogens is 308 g/mol. The summed E-state index contributed by atoms with van der Waals surface area (Å²) in [6, 6.07) is 0. The minimum atomic E-state index is -0.0859. The summed E-state index contributed by atoms with van der Waals surface area (Å²) in [5.74, 6) is 1.89. The Balaban J connectivity index is 1.86. The number of fused-ring (bicyclic) bond motifs is 1. The van der Waals surface area contributed by atoms with Crippen molar-refractivity contribution >= 4 is 0 Å². The van der Waals surface area contributed by atoms with Crippen LogP contribution in [0.1, 0.15) is 73.1 Å². The van der Waals surface area contributed by atoms with Gasteiger partial charge in [-0.15, -0.1) is 11.1 Å². The molecule has 1 saturated heterocycles. The van der Waals surface area contributed by atoms with Gasteiger partial charge in [-0.25, -0.2) is 0 Å². The number of hydrogen-bond donors (Lipinski definition) is 0. The standard InChI is InChI=1S/C22H38N2O/c1-15-8-9-17-16(14-15)18(10-12-21(17,4)24-7)22(5)13-11-19(25-22)20(2,3)23-6/h14,16-19H,8-13H2,1-7H3/q-2/t16-,17-,18-,19-,21+,22+/m0/s1. The molecule has 3 heteroatoms. The number of nitrogens with zero attached hydrogens (tertiary/aromatic N) is 2. The van der Waals surface area contributed by atoms with Gasteiger partial charge in [-0.1, -0.05) is 38.8 Å². The zero-order chi connectivity index (χ0) is 18.5. The van der Waals surface area contributed by atoms with E-state index in [0.29, 0.717) is 17.8 Å². The smallest absolute Gasteiger partial charge is 0.0692 e. The van der Waals surface area contributed by atoms with E-state index in [1.807, 2.05) is 14.1 Å². The fourth-order valence-electron chi connectivity index (χ4n) is 5.82. The van der Waals surface area contributed by atoms with Crippen LogP contribution in [0.4, 0.5) is 0 Å². The SMILES string of the molecule is C[N-]C(C)(C)[C@@H]1CC[C@](C)([C@H]2CC[C@@](C)([N-]C)[C@H]3CCC(C)=C[C@@H]32)O1. The van der Waals surface area contributed by atoms with E-state index in [-0.39, 0.29) is 22.8 Å². The van der Waals surface area contributed by atoms with E-state index in [1.54, 1.807) is 5.57 Å². The number of likely N-dealkylation sites (N-methyl/N-ethyl adjacent to an activating group) is 1. The molecule has 0 amide bonds. The first-order valence-electron chi connectivity index (χ1n) is 10.2. The lowest BCUT2D eigenvalue weighted by molar-refractivity contribution is -0.113. The average molecular weight is 347 g/mol. The van der Waals surface area contributed by atoms with Crippen LogP contribution in [0.5, 0.6) is 0 Å². The van der Waals surface area contributed by atoms with E-state index in [2.05, 4.69) is 46.0 Å². The Kier molecular flexibility index (Phi) is 5.16. The lowest BCUT2D eigenvalue weighted by Gasteiger charge is -2.60. The van der Waals surface area contributed by atoms with Crippen molar-refractivity contribution in [1.82, 2.24) is 0 Å². The molecule has 0 N–H and O–H groups in total. The Bertz CT molecular complexity index is 528. The number of rotatable bonds is 4. The van der Waals surface area contributed by atoms with Gasteiger partial charge in [-0.05, 0) is 63.7 Å². The highest BCUT2D eigenvalue weighted by Crippen LogP contribution is 2.56. The second-order valence-electron chi connectivity index (χ2n) is 9.80. The second kappa shape index (κ2) is 6.65. The van der Waals surface area contributed by atoms with Crippen LogP contribution in [0.3, 0.4) is 0 Å². The molecule has 144 valence electrons. The highest BCUT2D eigenvalue weighted by Gasteiger charge is 2.52. The Morgan fingerprint density at radius 1 is 1.08 bits per heavy atom. The third-order valence-corrected chi connectivity index (χ3v) is 7.99. The molecule has 1 saturated carbocycles. The van der Waals surface area contributed by atoms with Crippen molar-refractivity contribution in [1.29, 1.82) is 0 Å². The monoisotopic (exact) mass is 346 g/mol. The normalized spacial score (nSPS) is 45.2. The molecule has 0 unspecified atom stereocenters. The molecule has 6 atom stereocenters. The lowest BCUT2D eigenvalue weighted by atomic mass is 9.56. The van der Waals surface area contributed by atoms with Crippen LogP contribution >= 0.6 is 0 Å². The van der Waals surface area contributed by atoms with Gasteiger partial charge in [-0.2, -0.15) is 14.1 Å². The number of hydrogen-bond acceptors (Lipinski definition) is 1. The summed E-state index contributed by atoms with van der Waals surface area (Å²) in [6.07, 6.45) is 10.1. The molecule has 25 heavy (non-hydrogen) atoms. The summed E-state index contributed by atoms with van der Waals surface area (Å²) >= 11 is 0. The minimum Gasteiger partial charge on any atom is -0.659 e. The van der Waals surface area contributed by atoms with Gasteiger partial charge in [0.05, 0.1) is 5.60 Å². The first-order chi connectivity index (χ1) is 11.6. The Morgan fingerprint density at radius 2 is 1.80 bits per heavy atom. The van der Waals surface area contributed by atoms with Gasteiger partial charge >= 0.3 is 0 Å².